The molecule has 1 aliphatic heterocycles. The van der Waals surface area contributed by atoms with Crippen LogP contribution in [0.1, 0.15) is 91.8 Å². The van der Waals surface area contributed by atoms with Gasteiger partial charge in [-0.05, 0) is 103 Å². The molecule has 0 unspecified atom stereocenters. The van der Waals surface area contributed by atoms with Crippen molar-refractivity contribution in [2.75, 3.05) is 7.05 Å². The second-order valence-electron chi connectivity index (χ2n) is 16.7. The summed E-state index contributed by atoms with van der Waals surface area (Å²) in [6.07, 6.45) is 2.87. The summed E-state index contributed by atoms with van der Waals surface area (Å²) in [5.41, 5.74) is 3.44. The largest absolute Gasteiger partial charge is 0.544 e. The summed E-state index contributed by atoms with van der Waals surface area (Å²) in [4.78, 5) is 60.3. The van der Waals surface area contributed by atoms with Crippen LogP contribution in [-0.4, -0.2) is 67.1 Å². The molecule has 3 amide bonds. The summed E-state index contributed by atoms with van der Waals surface area (Å²) in [5, 5.41) is 6.93. The molecule has 10 nitrogen and oxygen atoms in total. The predicted octanol–water partition coefficient (Wildman–Crippen LogP) is 8.38. The lowest BCUT2D eigenvalue weighted by Crippen LogP contribution is -2.55. The molecule has 0 radical (unpaired) electrons. The van der Waals surface area contributed by atoms with Crippen molar-refractivity contribution in [3.63, 3.8) is 0 Å². The number of nitrogens with one attached hydrogen (secondary N) is 3. The van der Waals surface area contributed by atoms with Crippen LogP contribution in [0, 0.1) is 11.8 Å². The zero-order valence-corrected chi connectivity index (χ0v) is 36.3. The summed E-state index contributed by atoms with van der Waals surface area (Å²) >= 11 is 3.65. The number of carbonyl (C=O) groups excluding carboxylic acids is 4. The van der Waals surface area contributed by atoms with E-state index in [1.54, 1.807) is 14.0 Å². The number of ether oxygens (including phenoxy) is 1. The standard InChI is InChI=1S/C42H59BrN4O6Si/c1-25-20-26(2)22-28(4)52-37(48)24-35(30-16-18-31(19-17-30)53-54(10,11)42(6,7)8)46-40(50)36(23-33-32-14-12-13-15-34(32)45-38(33)43)47(9)41(51)29(5)44-39(49)27(3)21-25/h12-20,26-29,35-36,45H,21-24H2,1-11H3,(H,44,49)(H,46,50)/b25-20+/t26-,27-,28-,29-,35+,36+/m0/s1. The molecule has 0 saturated carbocycles. The van der Waals surface area contributed by atoms with Gasteiger partial charge in [-0.25, -0.2) is 0 Å². The number of carbonyl (C=O) groups is 4. The molecule has 1 aromatic heterocycles. The summed E-state index contributed by atoms with van der Waals surface area (Å²) < 4.78 is 13.1. The zero-order chi connectivity index (χ0) is 40.1. The molecule has 4 rings (SSSR count). The smallest absolute Gasteiger partial charge is 0.308 e. The van der Waals surface area contributed by atoms with Gasteiger partial charge in [0.25, 0.3) is 0 Å². The highest BCUT2D eigenvalue weighted by molar-refractivity contribution is 9.10. The highest BCUT2D eigenvalue weighted by Crippen LogP contribution is 2.38. The van der Waals surface area contributed by atoms with Crippen molar-refractivity contribution in [2.24, 2.45) is 11.8 Å². The number of rotatable bonds is 5. The van der Waals surface area contributed by atoms with Crippen LogP contribution in [0.3, 0.4) is 0 Å². The van der Waals surface area contributed by atoms with Gasteiger partial charge >= 0.3 is 5.97 Å². The van der Waals surface area contributed by atoms with Crippen LogP contribution in [0.5, 0.6) is 5.75 Å². The van der Waals surface area contributed by atoms with E-state index in [0.29, 0.717) is 23.0 Å². The maximum Gasteiger partial charge on any atom is 0.308 e. The van der Waals surface area contributed by atoms with Gasteiger partial charge in [-0.2, -0.15) is 0 Å². The first-order chi connectivity index (χ1) is 25.2. The van der Waals surface area contributed by atoms with Gasteiger partial charge < -0.3 is 29.7 Å². The van der Waals surface area contributed by atoms with Gasteiger partial charge in [0.1, 0.15) is 17.8 Å². The maximum atomic E-state index is 14.6. The van der Waals surface area contributed by atoms with Gasteiger partial charge in [0, 0.05) is 30.3 Å². The molecule has 12 heteroatoms. The molecule has 0 aliphatic carbocycles. The van der Waals surface area contributed by atoms with Crippen LogP contribution in [0.2, 0.25) is 18.1 Å². The Labute approximate surface area is 330 Å². The second kappa shape index (κ2) is 17.7. The number of halogens is 1. The van der Waals surface area contributed by atoms with Crippen molar-refractivity contribution in [3.05, 3.63) is 75.9 Å². The third-order valence-electron chi connectivity index (χ3n) is 10.8. The van der Waals surface area contributed by atoms with E-state index in [4.69, 9.17) is 9.16 Å². The third-order valence-corrected chi connectivity index (χ3v) is 15.9. The van der Waals surface area contributed by atoms with Crippen molar-refractivity contribution in [2.45, 2.75) is 123 Å². The summed E-state index contributed by atoms with van der Waals surface area (Å²) in [7, 11) is -0.537. The van der Waals surface area contributed by atoms with Crippen molar-refractivity contribution in [1.29, 1.82) is 0 Å². The molecule has 2 aromatic carbocycles. The maximum absolute atomic E-state index is 14.6. The highest BCUT2D eigenvalue weighted by Gasteiger charge is 2.39. The second-order valence-corrected chi connectivity index (χ2v) is 22.2. The van der Waals surface area contributed by atoms with E-state index in [0.717, 1.165) is 27.8 Å². The van der Waals surface area contributed by atoms with Gasteiger partial charge in [-0.3, -0.25) is 19.2 Å². The molecule has 294 valence electrons. The van der Waals surface area contributed by atoms with E-state index in [-0.39, 0.29) is 41.7 Å². The van der Waals surface area contributed by atoms with Gasteiger partial charge in [0.2, 0.25) is 26.0 Å². The Hall–Kier alpha value is -3.90. The van der Waals surface area contributed by atoms with Crippen LogP contribution in [0.25, 0.3) is 10.9 Å². The first-order valence-corrected chi connectivity index (χ1v) is 22.6. The normalized spacial score (nSPS) is 25.8. The number of cyclic esters (lactones) is 1. The monoisotopic (exact) mass is 822 g/mol. The number of fused-ring (bicyclic) bond motifs is 1. The molecule has 54 heavy (non-hydrogen) atoms. The van der Waals surface area contributed by atoms with E-state index >= 15 is 0 Å². The van der Waals surface area contributed by atoms with E-state index in [1.165, 1.54) is 4.90 Å². The van der Waals surface area contributed by atoms with E-state index in [9.17, 15) is 19.2 Å². The molecule has 0 fully saturated rings. The average molecular weight is 824 g/mol. The predicted molar refractivity (Wildman–Crippen MR) is 221 cm³/mol. The number of hydrogen-bond acceptors (Lipinski definition) is 6. The molecule has 2 heterocycles. The number of H-pyrrole nitrogens is 1. The minimum Gasteiger partial charge on any atom is -0.544 e. The van der Waals surface area contributed by atoms with Crippen molar-refractivity contribution >= 4 is 58.8 Å². The van der Waals surface area contributed by atoms with E-state index in [2.05, 4.69) is 78.4 Å². The topological polar surface area (TPSA) is 130 Å². The molecular weight excluding hydrogens is 764 g/mol. The van der Waals surface area contributed by atoms with Crippen LogP contribution in [0.4, 0.5) is 0 Å². The number of para-hydroxylation sites is 1. The Bertz CT molecular complexity index is 1850. The molecule has 1 aliphatic rings. The van der Waals surface area contributed by atoms with Gasteiger partial charge in [-0.15, -0.1) is 0 Å². The SMILES string of the molecule is C/C1=C\[C@H](C)C[C@H](C)OC(=O)C[C@H](c2ccc(O[Si](C)(C)C(C)(C)C)cc2)NC(=O)[C@@H](Cc2c(Br)[nH]c3ccccc23)N(C)C(=O)[C@H](C)NC(=O)[C@@H](C)C1. The number of esters is 1. The fraction of sp³-hybridized carbons (Fsp3) is 0.524. The lowest BCUT2D eigenvalue weighted by atomic mass is 9.95. The molecule has 0 saturated heterocycles. The Morgan fingerprint density at radius 3 is 2.22 bits per heavy atom. The van der Waals surface area contributed by atoms with Gasteiger partial charge in [-0.1, -0.05) is 76.6 Å². The molecule has 3 aromatic rings. The average Bonchev–Trinajstić information content (AvgIpc) is 3.39. The van der Waals surface area contributed by atoms with Crippen molar-refractivity contribution in [1.82, 2.24) is 20.5 Å². The Balaban J connectivity index is 1.76. The van der Waals surface area contributed by atoms with Crippen LogP contribution in [0.15, 0.2) is 64.8 Å². The van der Waals surface area contributed by atoms with Crippen LogP contribution >= 0.6 is 15.9 Å². The number of allylic oxidation sites excluding steroid dienone is 2. The van der Waals surface area contributed by atoms with Crippen molar-refractivity contribution in [3.8, 4) is 5.75 Å². The zero-order valence-electron chi connectivity index (χ0n) is 33.8. The lowest BCUT2D eigenvalue weighted by Gasteiger charge is -2.36. The Kier molecular flexibility index (Phi) is 14.0. The van der Waals surface area contributed by atoms with Gasteiger partial charge in [0.05, 0.1) is 23.2 Å². The molecule has 0 bridgehead atoms. The quantitative estimate of drug-likeness (QED) is 0.135. The minimum absolute atomic E-state index is 0.00315. The molecule has 6 atom stereocenters. The Morgan fingerprint density at radius 1 is 0.926 bits per heavy atom. The molecular formula is C42H59BrN4O6Si. The lowest BCUT2D eigenvalue weighted by molar-refractivity contribution is -0.149. The van der Waals surface area contributed by atoms with Crippen molar-refractivity contribution < 1.29 is 28.3 Å². The summed E-state index contributed by atoms with van der Waals surface area (Å²) in [6.45, 7) is 20.3. The number of aromatic nitrogens is 1. The first-order valence-electron chi connectivity index (χ1n) is 18.9. The summed E-state index contributed by atoms with van der Waals surface area (Å²) in [6, 6.07) is 12.6. The number of benzene rings is 2. The fourth-order valence-corrected chi connectivity index (χ4v) is 8.41. The molecule has 3 N–H and O–H groups in total. The van der Waals surface area contributed by atoms with Crippen LogP contribution in [-0.2, 0) is 30.3 Å². The van der Waals surface area contributed by atoms with E-state index < -0.39 is 44.2 Å². The number of aromatic amines is 1. The third kappa shape index (κ3) is 10.9. The highest BCUT2D eigenvalue weighted by atomic mass is 79.9. The molecule has 0 spiro atoms. The number of amides is 3. The van der Waals surface area contributed by atoms with Gasteiger partial charge in [0.15, 0.2) is 0 Å². The number of hydrogen-bond donors (Lipinski definition) is 3. The van der Waals surface area contributed by atoms with Crippen LogP contribution < -0.4 is 15.1 Å². The minimum atomic E-state index is -2.12. The Morgan fingerprint density at radius 2 is 1.57 bits per heavy atom. The number of likely N-dealkylation sites (N-methyl/N-ethyl adjacent to an activating group) is 1. The van der Waals surface area contributed by atoms with E-state index in [1.807, 2.05) is 69.3 Å². The summed E-state index contributed by atoms with van der Waals surface area (Å²) in [5.74, 6) is -1.13. The number of nitrogens with zero attached hydrogens (tertiary/aromatic N) is 1. The fourth-order valence-electron chi connectivity index (χ4n) is 6.79. The first kappa shape index (κ1) is 42.8.